The second kappa shape index (κ2) is 5.29. The lowest BCUT2D eigenvalue weighted by Crippen LogP contribution is -2.31. The molecule has 0 aliphatic rings. The highest BCUT2D eigenvalue weighted by molar-refractivity contribution is 5.28. The topological polar surface area (TPSA) is 46.2 Å². The molecule has 0 amide bonds. The van der Waals surface area contributed by atoms with Gasteiger partial charge in [0.05, 0.1) is 6.10 Å². The molecule has 2 atom stereocenters. The number of aliphatic hydroxyl groups excluding tert-OH is 1. The molecule has 0 saturated heterocycles. The van der Waals surface area contributed by atoms with E-state index in [0.29, 0.717) is 0 Å². The second-order valence-corrected chi connectivity index (χ2v) is 4.46. The fraction of sp³-hybridized carbons (Fsp3) is 0.538. The van der Waals surface area contributed by atoms with E-state index in [2.05, 4.69) is 32.0 Å². The van der Waals surface area contributed by atoms with Crippen molar-refractivity contribution in [1.82, 2.24) is 0 Å². The Balaban J connectivity index is 2.57. The van der Waals surface area contributed by atoms with E-state index < -0.39 is 6.10 Å². The molecule has 0 aliphatic heterocycles. The summed E-state index contributed by atoms with van der Waals surface area (Å²) < 4.78 is 0. The third-order valence-electron chi connectivity index (χ3n) is 2.62. The first-order chi connectivity index (χ1) is 6.99. The van der Waals surface area contributed by atoms with Gasteiger partial charge in [0, 0.05) is 6.04 Å². The number of aliphatic hydroxyl groups is 1. The van der Waals surface area contributed by atoms with E-state index in [0.717, 1.165) is 12.8 Å². The maximum Gasteiger partial charge on any atom is 0.0691 e. The van der Waals surface area contributed by atoms with Crippen molar-refractivity contribution in [3.8, 4) is 0 Å². The Morgan fingerprint density at radius 2 is 1.73 bits per heavy atom. The zero-order valence-electron chi connectivity index (χ0n) is 9.83. The molecular formula is C13H21NO. The van der Waals surface area contributed by atoms with Crippen molar-refractivity contribution in [1.29, 1.82) is 0 Å². The number of aryl methyl sites for hydroxylation is 3. The lowest BCUT2D eigenvalue weighted by molar-refractivity contribution is 0.141. The lowest BCUT2D eigenvalue weighted by Gasteiger charge is -2.14. The Hall–Kier alpha value is -0.860. The van der Waals surface area contributed by atoms with Gasteiger partial charge in [-0.15, -0.1) is 0 Å². The molecule has 0 radical (unpaired) electrons. The second-order valence-electron chi connectivity index (χ2n) is 4.46. The van der Waals surface area contributed by atoms with Crippen LogP contribution in [0.4, 0.5) is 0 Å². The van der Waals surface area contributed by atoms with Crippen LogP contribution in [0.3, 0.4) is 0 Å². The van der Waals surface area contributed by atoms with Gasteiger partial charge in [-0.2, -0.15) is 0 Å². The van der Waals surface area contributed by atoms with E-state index in [1.54, 1.807) is 0 Å². The number of rotatable bonds is 4. The SMILES string of the molecule is Cc1cc(C)cc(CCC(O)C(C)N)c1. The Morgan fingerprint density at radius 3 is 2.20 bits per heavy atom. The molecule has 0 bridgehead atoms. The van der Waals surface area contributed by atoms with Gasteiger partial charge in [0.15, 0.2) is 0 Å². The number of nitrogens with two attached hydrogens (primary N) is 1. The fourth-order valence-electron chi connectivity index (χ4n) is 1.79. The van der Waals surface area contributed by atoms with Crippen LogP contribution in [0.5, 0.6) is 0 Å². The van der Waals surface area contributed by atoms with E-state index in [9.17, 15) is 5.11 Å². The molecule has 0 aromatic heterocycles. The summed E-state index contributed by atoms with van der Waals surface area (Å²) in [6.45, 7) is 6.03. The summed E-state index contributed by atoms with van der Waals surface area (Å²) in [4.78, 5) is 0. The Labute approximate surface area is 92.1 Å². The van der Waals surface area contributed by atoms with Gasteiger partial charge in [-0.3, -0.25) is 0 Å². The van der Waals surface area contributed by atoms with Gasteiger partial charge in [0.25, 0.3) is 0 Å². The molecule has 3 N–H and O–H groups in total. The van der Waals surface area contributed by atoms with Crippen molar-refractivity contribution in [2.75, 3.05) is 0 Å². The molecule has 2 heteroatoms. The van der Waals surface area contributed by atoms with E-state index in [1.165, 1.54) is 16.7 Å². The predicted octanol–water partition coefficient (Wildman–Crippen LogP) is 1.94. The van der Waals surface area contributed by atoms with Crippen LogP contribution in [0, 0.1) is 13.8 Å². The summed E-state index contributed by atoms with van der Waals surface area (Å²) in [5, 5.41) is 9.60. The average molecular weight is 207 g/mol. The van der Waals surface area contributed by atoms with Crippen LogP contribution in [0.1, 0.15) is 30.0 Å². The largest absolute Gasteiger partial charge is 0.392 e. The minimum Gasteiger partial charge on any atom is -0.392 e. The number of benzene rings is 1. The van der Waals surface area contributed by atoms with E-state index >= 15 is 0 Å². The first kappa shape index (κ1) is 12.2. The predicted molar refractivity (Wildman–Crippen MR) is 63.9 cm³/mol. The van der Waals surface area contributed by atoms with Gasteiger partial charge in [-0.1, -0.05) is 29.3 Å². The number of hydrogen-bond donors (Lipinski definition) is 2. The average Bonchev–Trinajstić information content (AvgIpc) is 2.12. The van der Waals surface area contributed by atoms with Crippen molar-refractivity contribution in [3.63, 3.8) is 0 Å². The normalized spacial score (nSPS) is 15.0. The molecule has 0 saturated carbocycles. The third-order valence-corrected chi connectivity index (χ3v) is 2.62. The molecule has 0 spiro atoms. The molecule has 2 unspecified atom stereocenters. The molecule has 84 valence electrons. The maximum atomic E-state index is 9.60. The van der Waals surface area contributed by atoms with E-state index in [1.807, 2.05) is 6.92 Å². The first-order valence-corrected chi connectivity index (χ1v) is 5.50. The quantitative estimate of drug-likeness (QED) is 0.792. The zero-order valence-corrected chi connectivity index (χ0v) is 9.83. The minimum atomic E-state index is -0.397. The van der Waals surface area contributed by atoms with Gasteiger partial charge < -0.3 is 10.8 Å². The van der Waals surface area contributed by atoms with Gasteiger partial charge in [0.1, 0.15) is 0 Å². The van der Waals surface area contributed by atoms with Gasteiger partial charge in [0.2, 0.25) is 0 Å². The summed E-state index contributed by atoms with van der Waals surface area (Å²) in [6.07, 6.45) is 1.23. The van der Waals surface area contributed by atoms with Crippen LogP contribution in [0.15, 0.2) is 18.2 Å². The molecule has 1 aromatic carbocycles. The molecule has 2 nitrogen and oxygen atoms in total. The smallest absolute Gasteiger partial charge is 0.0691 e. The summed E-state index contributed by atoms with van der Waals surface area (Å²) in [7, 11) is 0. The van der Waals surface area contributed by atoms with Crippen LogP contribution in [0.25, 0.3) is 0 Å². The molecular weight excluding hydrogens is 186 g/mol. The van der Waals surface area contributed by atoms with Crippen molar-refractivity contribution >= 4 is 0 Å². The monoisotopic (exact) mass is 207 g/mol. The van der Waals surface area contributed by atoms with Crippen molar-refractivity contribution in [2.45, 2.75) is 45.8 Å². The molecule has 1 aromatic rings. The highest BCUT2D eigenvalue weighted by atomic mass is 16.3. The number of hydrogen-bond acceptors (Lipinski definition) is 2. The summed E-state index contributed by atoms with van der Waals surface area (Å²) >= 11 is 0. The van der Waals surface area contributed by atoms with Gasteiger partial charge >= 0.3 is 0 Å². The van der Waals surface area contributed by atoms with Gasteiger partial charge in [-0.25, -0.2) is 0 Å². The molecule has 0 heterocycles. The molecule has 0 aliphatic carbocycles. The fourth-order valence-corrected chi connectivity index (χ4v) is 1.79. The molecule has 0 fully saturated rings. The first-order valence-electron chi connectivity index (χ1n) is 5.50. The lowest BCUT2D eigenvalue weighted by atomic mass is 10.00. The van der Waals surface area contributed by atoms with Crippen LogP contribution in [-0.4, -0.2) is 17.3 Å². The standard InChI is InChI=1S/C13H21NO/c1-9-6-10(2)8-12(7-9)4-5-13(15)11(3)14/h6-8,11,13,15H,4-5,14H2,1-3H3. The van der Waals surface area contributed by atoms with Crippen LogP contribution in [-0.2, 0) is 6.42 Å². The van der Waals surface area contributed by atoms with Crippen molar-refractivity contribution in [2.24, 2.45) is 5.73 Å². The summed E-state index contributed by atoms with van der Waals surface area (Å²) in [5.74, 6) is 0. The Bertz CT molecular complexity index is 300. The van der Waals surface area contributed by atoms with Crippen LogP contribution < -0.4 is 5.73 Å². The Kier molecular flexibility index (Phi) is 4.30. The third kappa shape index (κ3) is 4.02. The van der Waals surface area contributed by atoms with Crippen LogP contribution in [0.2, 0.25) is 0 Å². The van der Waals surface area contributed by atoms with Gasteiger partial charge in [-0.05, 0) is 39.2 Å². The van der Waals surface area contributed by atoms with Crippen molar-refractivity contribution < 1.29 is 5.11 Å². The highest BCUT2D eigenvalue weighted by Crippen LogP contribution is 2.12. The zero-order chi connectivity index (χ0) is 11.4. The molecule has 15 heavy (non-hydrogen) atoms. The molecule has 1 rings (SSSR count). The summed E-state index contributed by atoms with van der Waals surface area (Å²) in [6, 6.07) is 6.35. The highest BCUT2D eigenvalue weighted by Gasteiger charge is 2.09. The van der Waals surface area contributed by atoms with E-state index in [4.69, 9.17) is 5.73 Å². The van der Waals surface area contributed by atoms with E-state index in [-0.39, 0.29) is 6.04 Å². The maximum absolute atomic E-state index is 9.60. The van der Waals surface area contributed by atoms with Crippen LogP contribution >= 0.6 is 0 Å². The van der Waals surface area contributed by atoms with Crippen molar-refractivity contribution in [3.05, 3.63) is 34.9 Å². The Morgan fingerprint density at radius 1 is 1.20 bits per heavy atom. The minimum absolute atomic E-state index is 0.143. The summed E-state index contributed by atoms with van der Waals surface area (Å²) in [5.41, 5.74) is 9.45.